The largest absolute Gasteiger partial charge is 0.368 e. The molecule has 1 aromatic carbocycles. The molecule has 0 radical (unpaired) electrons. The molecule has 0 aliphatic carbocycles. The van der Waals surface area contributed by atoms with E-state index in [1.807, 2.05) is 31.2 Å². The van der Waals surface area contributed by atoms with E-state index in [0.717, 1.165) is 22.2 Å². The molecule has 1 aromatic heterocycles. The maximum Gasteiger partial charge on any atom is 0.223 e. The highest BCUT2D eigenvalue weighted by Crippen LogP contribution is 2.24. The molecule has 0 bridgehead atoms. The topological polar surface area (TPSA) is 64.7 Å². The summed E-state index contributed by atoms with van der Waals surface area (Å²) >= 11 is 7.55. The number of benzene rings is 1. The zero-order valence-corrected chi connectivity index (χ0v) is 11.5. The fourth-order valence-corrected chi connectivity index (χ4v) is 2.48. The van der Waals surface area contributed by atoms with Crippen LogP contribution in [0.2, 0.25) is 5.02 Å². The van der Waals surface area contributed by atoms with E-state index < -0.39 is 0 Å². The standard InChI is InChI=1S/C12H13ClN4S/c1-2-10-15-11(17-12(14)16-10)7-18-9-5-3-4-8(13)6-9/h3-6H,2,7H2,1H3,(H2,14,15,16,17). The lowest BCUT2D eigenvalue weighted by Gasteiger charge is -2.04. The first-order chi connectivity index (χ1) is 8.67. The molecule has 2 N–H and O–H groups in total. The van der Waals surface area contributed by atoms with Gasteiger partial charge >= 0.3 is 0 Å². The summed E-state index contributed by atoms with van der Waals surface area (Å²) in [5.41, 5.74) is 5.64. The number of rotatable bonds is 4. The van der Waals surface area contributed by atoms with Crippen molar-refractivity contribution in [2.24, 2.45) is 0 Å². The Morgan fingerprint density at radius 3 is 2.72 bits per heavy atom. The first-order valence-corrected chi connectivity index (χ1v) is 6.91. The summed E-state index contributed by atoms with van der Waals surface area (Å²) in [6, 6.07) is 7.69. The van der Waals surface area contributed by atoms with Gasteiger partial charge in [0.05, 0.1) is 5.75 Å². The fourth-order valence-electron chi connectivity index (χ4n) is 1.42. The quantitative estimate of drug-likeness (QED) is 0.872. The van der Waals surface area contributed by atoms with Crippen molar-refractivity contribution in [3.8, 4) is 0 Å². The molecule has 94 valence electrons. The minimum absolute atomic E-state index is 0.281. The highest BCUT2D eigenvalue weighted by molar-refractivity contribution is 7.98. The third-order valence-electron chi connectivity index (χ3n) is 2.23. The smallest absolute Gasteiger partial charge is 0.223 e. The van der Waals surface area contributed by atoms with Crippen LogP contribution in [0.1, 0.15) is 18.6 Å². The summed E-state index contributed by atoms with van der Waals surface area (Å²) in [7, 11) is 0. The molecule has 0 fully saturated rings. The van der Waals surface area contributed by atoms with Crippen LogP contribution in [0.15, 0.2) is 29.2 Å². The zero-order chi connectivity index (χ0) is 13.0. The molecule has 0 amide bonds. The number of nitrogens with two attached hydrogens (primary N) is 1. The van der Waals surface area contributed by atoms with Crippen LogP contribution >= 0.6 is 23.4 Å². The molecule has 6 heteroatoms. The van der Waals surface area contributed by atoms with E-state index in [2.05, 4.69) is 15.0 Å². The van der Waals surface area contributed by atoms with Gasteiger partial charge in [-0.15, -0.1) is 11.8 Å². The normalized spacial score (nSPS) is 10.6. The van der Waals surface area contributed by atoms with Gasteiger partial charge in [-0.3, -0.25) is 0 Å². The van der Waals surface area contributed by atoms with Crippen molar-refractivity contribution in [2.45, 2.75) is 24.0 Å². The van der Waals surface area contributed by atoms with Crippen LogP contribution < -0.4 is 5.73 Å². The van der Waals surface area contributed by atoms with Crippen LogP contribution in [0.3, 0.4) is 0 Å². The predicted molar refractivity (Wildman–Crippen MR) is 74.6 cm³/mol. The predicted octanol–water partition coefficient (Wildman–Crippen LogP) is 2.96. The zero-order valence-electron chi connectivity index (χ0n) is 9.93. The molecule has 0 unspecified atom stereocenters. The van der Waals surface area contributed by atoms with E-state index in [9.17, 15) is 0 Å². The van der Waals surface area contributed by atoms with Crippen LogP contribution in [0.4, 0.5) is 5.95 Å². The average molecular weight is 281 g/mol. The lowest BCUT2D eigenvalue weighted by Crippen LogP contribution is -2.05. The van der Waals surface area contributed by atoms with Gasteiger partial charge in [0.1, 0.15) is 11.6 Å². The minimum Gasteiger partial charge on any atom is -0.368 e. The van der Waals surface area contributed by atoms with Gasteiger partial charge in [0, 0.05) is 16.3 Å². The van der Waals surface area contributed by atoms with E-state index in [0.29, 0.717) is 11.6 Å². The van der Waals surface area contributed by atoms with Gasteiger partial charge in [0.15, 0.2) is 0 Å². The molecule has 0 aliphatic heterocycles. The van der Waals surface area contributed by atoms with Crippen LogP contribution in [-0.2, 0) is 12.2 Å². The molecule has 2 rings (SSSR count). The second-order valence-corrected chi connectivity index (χ2v) is 5.11. The number of hydrogen-bond acceptors (Lipinski definition) is 5. The number of aromatic nitrogens is 3. The average Bonchev–Trinajstić information content (AvgIpc) is 2.36. The highest BCUT2D eigenvalue weighted by Gasteiger charge is 2.04. The molecule has 1 heterocycles. The minimum atomic E-state index is 0.281. The Kier molecular flexibility index (Phi) is 4.38. The number of nitrogen functional groups attached to an aromatic ring is 1. The van der Waals surface area contributed by atoms with Gasteiger partial charge in [-0.05, 0) is 18.2 Å². The van der Waals surface area contributed by atoms with E-state index in [-0.39, 0.29) is 5.95 Å². The van der Waals surface area contributed by atoms with Crippen LogP contribution in [-0.4, -0.2) is 15.0 Å². The van der Waals surface area contributed by atoms with Gasteiger partial charge in [-0.25, -0.2) is 4.98 Å². The summed E-state index contributed by atoms with van der Waals surface area (Å²) in [5.74, 6) is 2.36. The third kappa shape index (κ3) is 3.58. The summed E-state index contributed by atoms with van der Waals surface area (Å²) in [6.45, 7) is 1.99. The summed E-state index contributed by atoms with van der Waals surface area (Å²) in [6.07, 6.45) is 0.752. The highest BCUT2D eigenvalue weighted by atomic mass is 35.5. The summed E-state index contributed by atoms with van der Waals surface area (Å²) in [5, 5.41) is 0.726. The third-order valence-corrected chi connectivity index (χ3v) is 3.45. The first kappa shape index (κ1) is 13.1. The van der Waals surface area contributed by atoms with E-state index >= 15 is 0 Å². The van der Waals surface area contributed by atoms with E-state index in [4.69, 9.17) is 17.3 Å². The maximum atomic E-state index is 5.92. The second-order valence-electron chi connectivity index (χ2n) is 3.63. The Labute approximate surface area is 115 Å². The lowest BCUT2D eigenvalue weighted by molar-refractivity contribution is 0.866. The number of thioether (sulfide) groups is 1. The van der Waals surface area contributed by atoms with Crippen LogP contribution in [0.25, 0.3) is 0 Å². The van der Waals surface area contributed by atoms with Gasteiger partial charge in [-0.2, -0.15) is 9.97 Å². The van der Waals surface area contributed by atoms with Crippen LogP contribution in [0.5, 0.6) is 0 Å². The molecule has 18 heavy (non-hydrogen) atoms. The summed E-state index contributed by atoms with van der Waals surface area (Å²) in [4.78, 5) is 13.6. The summed E-state index contributed by atoms with van der Waals surface area (Å²) < 4.78 is 0. The lowest BCUT2D eigenvalue weighted by atomic mass is 10.4. The Bertz CT molecular complexity index is 547. The number of nitrogens with zero attached hydrogens (tertiary/aromatic N) is 3. The molecule has 0 aliphatic rings. The van der Waals surface area contributed by atoms with Gasteiger partial charge in [0.25, 0.3) is 0 Å². The van der Waals surface area contributed by atoms with Crippen molar-refractivity contribution < 1.29 is 0 Å². The number of halogens is 1. The monoisotopic (exact) mass is 280 g/mol. The molecular formula is C12H13ClN4S. The number of hydrogen-bond donors (Lipinski definition) is 1. The van der Waals surface area contributed by atoms with Crippen molar-refractivity contribution in [3.63, 3.8) is 0 Å². The van der Waals surface area contributed by atoms with Gasteiger partial charge < -0.3 is 5.73 Å². The van der Waals surface area contributed by atoms with E-state index in [1.165, 1.54) is 0 Å². The Morgan fingerprint density at radius 2 is 2.00 bits per heavy atom. The van der Waals surface area contributed by atoms with E-state index in [1.54, 1.807) is 11.8 Å². The van der Waals surface area contributed by atoms with Crippen LogP contribution in [0, 0.1) is 0 Å². The van der Waals surface area contributed by atoms with Crippen molar-refractivity contribution >= 4 is 29.3 Å². The first-order valence-electron chi connectivity index (χ1n) is 5.55. The molecule has 4 nitrogen and oxygen atoms in total. The van der Waals surface area contributed by atoms with Crippen molar-refractivity contribution in [1.29, 1.82) is 0 Å². The molecule has 2 aromatic rings. The van der Waals surface area contributed by atoms with Crippen molar-refractivity contribution in [1.82, 2.24) is 15.0 Å². The van der Waals surface area contributed by atoms with Crippen molar-refractivity contribution in [2.75, 3.05) is 5.73 Å². The Hall–Kier alpha value is -1.33. The second kappa shape index (κ2) is 6.02. The molecule has 0 atom stereocenters. The number of aryl methyl sites for hydroxylation is 1. The molecule has 0 saturated heterocycles. The maximum absolute atomic E-state index is 5.92. The fraction of sp³-hybridized carbons (Fsp3) is 0.250. The molecule has 0 spiro atoms. The Morgan fingerprint density at radius 1 is 1.22 bits per heavy atom. The Balaban J connectivity index is 2.08. The van der Waals surface area contributed by atoms with Gasteiger partial charge in [-0.1, -0.05) is 24.6 Å². The molecule has 0 saturated carbocycles. The SMILES string of the molecule is CCc1nc(N)nc(CSc2cccc(Cl)c2)n1. The molecular weight excluding hydrogens is 268 g/mol. The number of anilines is 1. The van der Waals surface area contributed by atoms with Gasteiger partial charge in [0.2, 0.25) is 5.95 Å². The van der Waals surface area contributed by atoms with Crippen molar-refractivity contribution in [3.05, 3.63) is 40.9 Å².